The maximum Gasteiger partial charge on any atom is 0.416 e. The molecule has 0 unspecified atom stereocenters. The lowest BCUT2D eigenvalue weighted by Gasteiger charge is -2.14. The highest BCUT2D eigenvalue weighted by Gasteiger charge is 2.35. The van der Waals surface area contributed by atoms with Crippen LogP contribution in [-0.2, 0) is 15.8 Å². The molecule has 0 saturated carbocycles. The lowest BCUT2D eigenvalue weighted by molar-refractivity contribution is -0.137. The maximum absolute atomic E-state index is 12.6. The predicted molar refractivity (Wildman–Crippen MR) is 69.8 cm³/mol. The van der Waals surface area contributed by atoms with E-state index in [1.807, 2.05) is 0 Å². The summed E-state index contributed by atoms with van der Waals surface area (Å²) >= 11 is 0. The summed E-state index contributed by atoms with van der Waals surface area (Å²) in [5.74, 6) is -1.29. The van der Waals surface area contributed by atoms with Gasteiger partial charge in [-0.25, -0.2) is 4.79 Å². The zero-order valence-corrected chi connectivity index (χ0v) is 11.5. The highest BCUT2D eigenvalue weighted by Crippen LogP contribution is 2.30. The normalized spacial score (nSPS) is 15.5. The molecule has 1 saturated heterocycles. The van der Waals surface area contributed by atoms with E-state index in [4.69, 9.17) is 0 Å². The number of halogens is 3. The Morgan fingerprint density at radius 3 is 2.55 bits per heavy atom. The number of hydrogen-bond donors (Lipinski definition) is 1. The van der Waals surface area contributed by atoms with E-state index >= 15 is 0 Å². The second kappa shape index (κ2) is 5.66. The minimum Gasteiger partial charge on any atom is -0.325 e. The third-order valence-corrected chi connectivity index (χ3v) is 3.01. The number of anilines is 1. The summed E-state index contributed by atoms with van der Waals surface area (Å²) in [7, 11) is 1.41. The van der Waals surface area contributed by atoms with Gasteiger partial charge in [-0.2, -0.15) is 13.2 Å². The lowest BCUT2D eigenvalue weighted by Crippen LogP contribution is -2.38. The van der Waals surface area contributed by atoms with Crippen molar-refractivity contribution in [3.63, 3.8) is 0 Å². The van der Waals surface area contributed by atoms with Crippen molar-refractivity contribution < 1.29 is 27.6 Å². The molecular weight excluding hydrogens is 303 g/mol. The molecule has 1 fully saturated rings. The minimum absolute atomic E-state index is 0.0627. The van der Waals surface area contributed by atoms with E-state index in [2.05, 4.69) is 5.32 Å². The number of nitrogens with one attached hydrogen (secondary N) is 1. The van der Waals surface area contributed by atoms with Gasteiger partial charge in [-0.15, -0.1) is 0 Å². The van der Waals surface area contributed by atoms with Gasteiger partial charge in [-0.05, 0) is 18.2 Å². The van der Waals surface area contributed by atoms with E-state index in [9.17, 15) is 27.6 Å². The smallest absolute Gasteiger partial charge is 0.325 e. The number of likely N-dealkylation sites (N-methyl/N-ethyl adjacent to an activating group) is 1. The van der Waals surface area contributed by atoms with Gasteiger partial charge in [-0.3, -0.25) is 14.5 Å². The third-order valence-electron chi connectivity index (χ3n) is 3.01. The number of benzene rings is 1. The van der Waals surface area contributed by atoms with Gasteiger partial charge in [0.2, 0.25) is 5.91 Å². The van der Waals surface area contributed by atoms with Crippen LogP contribution in [0.3, 0.4) is 0 Å². The number of rotatable bonds is 3. The van der Waals surface area contributed by atoms with Crippen LogP contribution in [0, 0.1) is 0 Å². The fourth-order valence-electron chi connectivity index (χ4n) is 1.94. The van der Waals surface area contributed by atoms with Crippen LogP contribution in [0.1, 0.15) is 5.56 Å². The Balaban J connectivity index is 2.04. The second-order valence-electron chi connectivity index (χ2n) is 4.75. The Bertz CT molecular complexity index is 630. The molecule has 1 aliphatic heterocycles. The van der Waals surface area contributed by atoms with Crippen LogP contribution in [0.2, 0.25) is 0 Å². The quantitative estimate of drug-likeness (QED) is 0.860. The monoisotopic (exact) mass is 315 g/mol. The molecule has 0 atom stereocenters. The van der Waals surface area contributed by atoms with Crippen LogP contribution in [-0.4, -0.2) is 47.8 Å². The molecule has 0 aromatic heterocycles. The Kier molecular flexibility index (Phi) is 4.07. The van der Waals surface area contributed by atoms with Crippen molar-refractivity contribution in [3.05, 3.63) is 29.8 Å². The average Bonchev–Trinajstić information content (AvgIpc) is 2.65. The molecule has 0 spiro atoms. The summed E-state index contributed by atoms with van der Waals surface area (Å²) in [6.07, 6.45) is -4.52. The van der Waals surface area contributed by atoms with Crippen molar-refractivity contribution in [1.29, 1.82) is 0 Å². The highest BCUT2D eigenvalue weighted by molar-refractivity contribution is 6.06. The molecule has 9 heteroatoms. The molecule has 1 aromatic carbocycles. The summed E-state index contributed by atoms with van der Waals surface area (Å²) in [5.41, 5.74) is -0.967. The number of imide groups is 1. The molecule has 0 bridgehead atoms. The Morgan fingerprint density at radius 2 is 2.00 bits per heavy atom. The first-order chi connectivity index (χ1) is 10.2. The zero-order chi connectivity index (χ0) is 16.5. The fraction of sp³-hybridized carbons (Fsp3) is 0.308. The summed E-state index contributed by atoms with van der Waals surface area (Å²) < 4.78 is 37.7. The van der Waals surface area contributed by atoms with E-state index in [1.54, 1.807) is 0 Å². The van der Waals surface area contributed by atoms with Crippen LogP contribution in [0.5, 0.6) is 0 Å². The number of alkyl halides is 3. The van der Waals surface area contributed by atoms with Gasteiger partial charge in [0, 0.05) is 12.7 Å². The van der Waals surface area contributed by atoms with Gasteiger partial charge in [0.1, 0.15) is 13.1 Å². The molecule has 4 amide bonds. The highest BCUT2D eigenvalue weighted by atomic mass is 19.4. The average molecular weight is 315 g/mol. The summed E-state index contributed by atoms with van der Waals surface area (Å²) in [6, 6.07) is 3.46. The SMILES string of the molecule is CN1CC(=O)N(CC(=O)Nc2cccc(C(F)(F)F)c2)C1=O. The van der Waals surface area contributed by atoms with Gasteiger partial charge in [0.15, 0.2) is 0 Å². The molecule has 6 nitrogen and oxygen atoms in total. The first-order valence-corrected chi connectivity index (χ1v) is 6.21. The van der Waals surface area contributed by atoms with Crippen LogP contribution >= 0.6 is 0 Å². The minimum atomic E-state index is -4.52. The largest absolute Gasteiger partial charge is 0.416 e. The molecule has 0 radical (unpaired) electrons. The molecule has 1 N–H and O–H groups in total. The van der Waals surface area contributed by atoms with E-state index in [-0.39, 0.29) is 12.2 Å². The molecular formula is C13H12F3N3O3. The number of carbonyl (C=O) groups excluding carboxylic acids is 3. The zero-order valence-electron chi connectivity index (χ0n) is 11.5. The van der Waals surface area contributed by atoms with Crippen LogP contribution in [0.15, 0.2) is 24.3 Å². The molecule has 0 aliphatic carbocycles. The lowest BCUT2D eigenvalue weighted by atomic mass is 10.2. The van der Waals surface area contributed by atoms with E-state index in [0.29, 0.717) is 0 Å². The summed E-state index contributed by atoms with van der Waals surface area (Å²) in [4.78, 5) is 36.7. The van der Waals surface area contributed by atoms with Crippen molar-refractivity contribution in [2.24, 2.45) is 0 Å². The van der Waals surface area contributed by atoms with E-state index in [0.717, 1.165) is 28.0 Å². The number of hydrogen-bond acceptors (Lipinski definition) is 3. The first-order valence-electron chi connectivity index (χ1n) is 6.21. The van der Waals surface area contributed by atoms with Crippen molar-refractivity contribution in [1.82, 2.24) is 9.80 Å². The third kappa shape index (κ3) is 3.35. The van der Waals surface area contributed by atoms with Gasteiger partial charge >= 0.3 is 12.2 Å². The molecule has 1 aromatic rings. The van der Waals surface area contributed by atoms with Gasteiger partial charge < -0.3 is 10.2 Å². The van der Waals surface area contributed by atoms with Crippen LogP contribution in [0.25, 0.3) is 0 Å². The molecule has 22 heavy (non-hydrogen) atoms. The summed E-state index contributed by atoms with van der Waals surface area (Å²) in [6.45, 7) is -0.673. The van der Waals surface area contributed by atoms with Gasteiger partial charge in [0.25, 0.3) is 5.91 Å². The van der Waals surface area contributed by atoms with Crippen LogP contribution in [0.4, 0.5) is 23.7 Å². The van der Waals surface area contributed by atoms with Crippen molar-refractivity contribution >= 4 is 23.5 Å². The van der Waals surface area contributed by atoms with Crippen molar-refractivity contribution in [2.45, 2.75) is 6.18 Å². The Hall–Kier alpha value is -2.58. The Labute approximate surface area is 123 Å². The predicted octanol–water partition coefficient (Wildman–Crippen LogP) is 1.54. The molecule has 1 heterocycles. The number of urea groups is 1. The number of carbonyl (C=O) groups is 3. The van der Waals surface area contributed by atoms with Gasteiger partial charge in [-0.1, -0.05) is 6.07 Å². The van der Waals surface area contributed by atoms with E-state index in [1.165, 1.54) is 13.1 Å². The standard InChI is InChI=1S/C13H12F3N3O3/c1-18-7-11(21)19(12(18)22)6-10(20)17-9-4-2-3-8(5-9)13(14,15)16/h2-5H,6-7H2,1H3,(H,17,20). The fourth-order valence-corrected chi connectivity index (χ4v) is 1.94. The number of nitrogens with zero attached hydrogens (tertiary/aromatic N) is 2. The summed E-state index contributed by atoms with van der Waals surface area (Å²) in [5, 5.41) is 2.23. The number of amides is 4. The molecule has 2 rings (SSSR count). The van der Waals surface area contributed by atoms with Crippen molar-refractivity contribution in [3.8, 4) is 0 Å². The first kappa shape index (κ1) is 15.8. The second-order valence-corrected chi connectivity index (χ2v) is 4.75. The maximum atomic E-state index is 12.6. The Morgan fingerprint density at radius 1 is 1.32 bits per heavy atom. The van der Waals surface area contributed by atoms with Crippen LogP contribution < -0.4 is 5.32 Å². The molecule has 1 aliphatic rings. The van der Waals surface area contributed by atoms with Gasteiger partial charge in [0.05, 0.1) is 5.56 Å². The van der Waals surface area contributed by atoms with E-state index < -0.39 is 36.1 Å². The molecule has 118 valence electrons. The topological polar surface area (TPSA) is 69.7 Å². The van der Waals surface area contributed by atoms with Crippen molar-refractivity contribution in [2.75, 3.05) is 25.5 Å².